The van der Waals surface area contributed by atoms with Crippen LogP contribution in [0.4, 0.5) is 0 Å². The van der Waals surface area contributed by atoms with E-state index in [1.54, 1.807) is 38.1 Å². The zero-order chi connectivity index (χ0) is 30.1. The molecule has 0 saturated heterocycles. The van der Waals surface area contributed by atoms with Gasteiger partial charge in [-0.25, -0.2) is 9.79 Å². The largest absolute Gasteiger partial charge is 0.463 e. The molecule has 216 valence electrons. The highest BCUT2D eigenvalue weighted by Gasteiger charge is 2.33. The van der Waals surface area contributed by atoms with Gasteiger partial charge in [0.15, 0.2) is 4.80 Å². The Labute approximate surface area is 251 Å². The highest BCUT2D eigenvalue weighted by atomic mass is 32.1. The molecule has 1 aliphatic rings. The van der Waals surface area contributed by atoms with Gasteiger partial charge in [-0.15, -0.1) is 0 Å². The molecule has 6 rings (SSSR count). The van der Waals surface area contributed by atoms with E-state index in [4.69, 9.17) is 9.47 Å². The Balaban J connectivity index is 1.52. The van der Waals surface area contributed by atoms with Crippen LogP contribution in [-0.4, -0.2) is 27.7 Å². The number of allylic oxidation sites excluding steroid dienone is 1. The number of aromatic nitrogens is 2. The average molecular weight is 592 g/mol. The van der Waals surface area contributed by atoms with E-state index in [0.717, 1.165) is 16.5 Å². The van der Waals surface area contributed by atoms with Crippen LogP contribution in [0.15, 0.2) is 106 Å². The maximum atomic E-state index is 14.1. The van der Waals surface area contributed by atoms with Gasteiger partial charge < -0.3 is 14.0 Å². The number of ether oxygens (including phenoxy) is 2. The van der Waals surface area contributed by atoms with Gasteiger partial charge in [-0.2, -0.15) is 0 Å². The maximum Gasteiger partial charge on any atom is 0.338 e. The van der Waals surface area contributed by atoms with Gasteiger partial charge in [-0.05, 0) is 49.2 Å². The SMILES string of the molecule is CCOC(=O)C1=C(C)N=c2s/c(=C\c3cn(Cc4ccccc4)c4ccccc34)c(=O)n2[C@@H]1c1cccc(OC(C)=O)c1. The molecule has 0 bridgehead atoms. The quantitative estimate of drug-likeness (QED) is 0.202. The van der Waals surface area contributed by atoms with Crippen LogP contribution in [0.5, 0.6) is 5.75 Å². The first-order valence-corrected chi connectivity index (χ1v) is 14.8. The molecule has 43 heavy (non-hydrogen) atoms. The van der Waals surface area contributed by atoms with Gasteiger partial charge in [-0.3, -0.25) is 14.2 Å². The van der Waals surface area contributed by atoms with Gasteiger partial charge in [0.25, 0.3) is 5.56 Å². The average Bonchev–Trinajstić information content (AvgIpc) is 3.49. The molecule has 0 spiro atoms. The molecule has 3 heterocycles. The first-order valence-electron chi connectivity index (χ1n) is 13.9. The van der Waals surface area contributed by atoms with Gasteiger partial charge in [0.1, 0.15) is 5.75 Å². The normalized spacial score (nSPS) is 14.9. The number of carbonyl (C=O) groups excluding carboxylic acids is 2. The van der Waals surface area contributed by atoms with Crippen molar-refractivity contribution in [2.45, 2.75) is 33.4 Å². The number of hydrogen-bond acceptors (Lipinski definition) is 7. The zero-order valence-electron chi connectivity index (χ0n) is 23.9. The smallest absolute Gasteiger partial charge is 0.338 e. The molecule has 1 aliphatic heterocycles. The summed E-state index contributed by atoms with van der Waals surface area (Å²) in [6, 6.07) is 24.4. The standard InChI is InChI=1S/C34H29N3O5S/c1-4-41-33(40)30-21(2)35-34-37(31(30)24-13-10-14-26(17-24)42-22(3)38)32(39)29(43-34)18-25-20-36(19-23-11-6-5-7-12-23)28-16-9-8-15-27(25)28/h5-18,20,31H,4,19H2,1-3H3/b29-18-/t31-/m1/s1. The van der Waals surface area contributed by atoms with E-state index in [0.29, 0.717) is 32.9 Å². The van der Waals surface area contributed by atoms with Crippen LogP contribution < -0.4 is 19.6 Å². The summed E-state index contributed by atoms with van der Waals surface area (Å²) in [4.78, 5) is 44.2. The van der Waals surface area contributed by atoms with Crippen molar-refractivity contribution in [1.29, 1.82) is 0 Å². The Morgan fingerprint density at radius 1 is 1.02 bits per heavy atom. The van der Waals surface area contributed by atoms with Gasteiger partial charge in [0.05, 0.1) is 28.5 Å². The van der Waals surface area contributed by atoms with Crippen LogP contribution in [0.2, 0.25) is 0 Å². The van der Waals surface area contributed by atoms with Crippen LogP contribution >= 0.6 is 11.3 Å². The van der Waals surface area contributed by atoms with E-state index in [9.17, 15) is 14.4 Å². The Hall–Kier alpha value is -5.02. The third-order valence-electron chi connectivity index (χ3n) is 7.25. The molecule has 0 saturated carbocycles. The number of nitrogens with zero attached hydrogens (tertiary/aromatic N) is 3. The Kier molecular flexibility index (Phi) is 7.65. The highest BCUT2D eigenvalue weighted by molar-refractivity contribution is 7.07. The molecule has 8 nitrogen and oxygen atoms in total. The molecule has 3 aromatic carbocycles. The third kappa shape index (κ3) is 5.47. The van der Waals surface area contributed by atoms with Crippen LogP contribution in [0, 0.1) is 0 Å². The lowest BCUT2D eigenvalue weighted by Gasteiger charge is -2.25. The molecule has 5 aromatic rings. The molecule has 9 heteroatoms. The van der Waals surface area contributed by atoms with Gasteiger partial charge in [0.2, 0.25) is 0 Å². The lowest BCUT2D eigenvalue weighted by molar-refractivity contribution is -0.139. The minimum Gasteiger partial charge on any atom is -0.463 e. The number of carbonyl (C=O) groups is 2. The van der Waals surface area contributed by atoms with Gasteiger partial charge in [-0.1, -0.05) is 72.0 Å². The number of para-hydroxylation sites is 1. The molecular formula is C34H29N3O5S. The summed E-state index contributed by atoms with van der Waals surface area (Å²) >= 11 is 1.27. The van der Waals surface area contributed by atoms with Crippen molar-refractivity contribution in [3.05, 3.63) is 133 Å². The van der Waals surface area contributed by atoms with Crippen molar-refractivity contribution in [1.82, 2.24) is 9.13 Å². The minimum atomic E-state index is -0.813. The minimum absolute atomic E-state index is 0.174. The molecule has 0 fully saturated rings. The molecule has 0 radical (unpaired) electrons. The summed E-state index contributed by atoms with van der Waals surface area (Å²) in [6.45, 7) is 5.65. The number of benzene rings is 3. The van der Waals surface area contributed by atoms with E-state index in [-0.39, 0.29) is 17.7 Å². The predicted octanol–water partition coefficient (Wildman–Crippen LogP) is 4.73. The summed E-state index contributed by atoms with van der Waals surface area (Å²) in [5, 5.41) is 1.03. The highest BCUT2D eigenvalue weighted by Crippen LogP contribution is 2.32. The Morgan fingerprint density at radius 2 is 1.79 bits per heavy atom. The molecule has 1 atom stereocenters. The third-order valence-corrected chi connectivity index (χ3v) is 8.24. The molecule has 0 amide bonds. The topological polar surface area (TPSA) is 91.9 Å². The van der Waals surface area contributed by atoms with E-state index in [1.807, 2.05) is 42.5 Å². The summed E-state index contributed by atoms with van der Waals surface area (Å²) in [7, 11) is 0. The van der Waals surface area contributed by atoms with Crippen molar-refractivity contribution in [2.24, 2.45) is 4.99 Å². The molecule has 2 aromatic heterocycles. The van der Waals surface area contributed by atoms with E-state index < -0.39 is 18.0 Å². The van der Waals surface area contributed by atoms with Crippen LogP contribution in [0.1, 0.15) is 43.5 Å². The van der Waals surface area contributed by atoms with Crippen molar-refractivity contribution < 1.29 is 19.1 Å². The fourth-order valence-corrected chi connectivity index (χ4v) is 6.50. The number of esters is 2. The molecular weight excluding hydrogens is 562 g/mol. The molecule has 0 aliphatic carbocycles. The number of fused-ring (bicyclic) bond motifs is 2. The van der Waals surface area contributed by atoms with Crippen molar-refractivity contribution in [3.8, 4) is 5.75 Å². The summed E-state index contributed by atoms with van der Waals surface area (Å²) in [5.74, 6) is -0.703. The second kappa shape index (κ2) is 11.7. The van der Waals surface area contributed by atoms with Crippen molar-refractivity contribution in [2.75, 3.05) is 6.61 Å². The second-order valence-electron chi connectivity index (χ2n) is 10.2. The fourth-order valence-electron chi connectivity index (χ4n) is 5.46. The van der Waals surface area contributed by atoms with E-state index in [1.165, 1.54) is 28.4 Å². The predicted molar refractivity (Wildman–Crippen MR) is 166 cm³/mol. The van der Waals surface area contributed by atoms with E-state index in [2.05, 4.69) is 34.0 Å². The molecule has 0 unspecified atom stereocenters. The lowest BCUT2D eigenvalue weighted by Crippen LogP contribution is -2.39. The zero-order valence-corrected chi connectivity index (χ0v) is 24.8. The van der Waals surface area contributed by atoms with Crippen molar-refractivity contribution >= 4 is 40.3 Å². The Bertz CT molecular complexity index is 2090. The summed E-state index contributed by atoms with van der Waals surface area (Å²) in [6.07, 6.45) is 3.95. The number of rotatable bonds is 7. The lowest BCUT2D eigenvalue weighted by atomic mass is 9.95. The number of hydrogen-bond donors (Lipinski definition) is 0. The van der Waals surface area contributed by atoms with Crippen LogP contribution in [0.3, 0.4) is 0 Å². The first kappa shape index (κ1) is 28.1. The monoisotopic (exact) mass is 591 g/mol. The van der Waals surface area contributed by atoms with Crippen molar-refractivity contribution in [3.63, 3.8) is 0 Å². The van der Waals surface area contributed by atoms with Gasteiger partial charge >= 0.3 is 11.9 Å². The second-order valence-corrected chi connectivity index (χ2v) is 11.2. The van der Waals surface area contributed by atoms with Crippen LogP contribution in [0.25, 0.3) is 17.0 Å². The Morgan fingerprint density at radius 3 is 2.56 bits per heavy atom. The summed E-state index contributed by atoms with van der Waals surface area (Å²) in [5.41, 5.74) is 4.20. The number of thiazole rings is 1. The first-order chi connectivity index (χ1) is 20.8. The molecule has 0 N–H and O–H groups in total. The fraction of sp³-hybridized carbons (Fsp3) is 0.176. The summed E-state index contributed by atoms with van der Waals surface area (Å²) < 4.78 is 14.9. The van der Waals surface area contributed by atoms with Gasteiger partial charge in [0, 0.05) is 36.1 Å². The van der Waals surface area contributed by atoms with Crippen LogP contribution in [-0.2, 0) is 20.9 Å². The maximum absolute atomic E-state index is 14.1. The van der Waals surface area contributed by atoms with E-state index >= 15 is 0 Å².